The van der Waals surface area contributed by atoms with Crippen LogP contribution in [-0.4, -0.2) is 146 Å². The van der Waals surface area contributed by atoms with E-state index in [0.29, 0.717) is 43.3 Å². The highest BCUT2D eigenvalue weighted by atomic mass is 16.7. The Morgan fingerprint density at radius 2 is 1.65 bits per heavy atom. The zero-order valence-corrected chi connectivity index (χ0v) is 41.4. The molecule has 0 aromatic carbocycles. The van der Waals surface area contributed by atoms with Crippen molar-refractivity contribution in [1.82, 2.24) is 4.90 Å². The largest absolute Gasteiger partial charge is 0.462 e. The first kappa shape index (κ1) is 51.1. The van der Waals surface area contributed by atoms with Crippen LogP contribution in [0.25, 0.3) is 0 Å². The van der Waals surface area contributed by atoms with E-state index in [-0.39, 0.29) is 60.9 Å². The number of ether oxygens (including phenoxy) is 10. The summed E-state index contributed by atoms with van der Waals surface area (Å²) in [6.45, 7) is 18.5. The first-order chi connectivity index (χ1) is 31.4. The van der Waals surface area contributed by atoms with E-state index in [1.165, 1.54) is 0 Å². The van der Waals surface area contributed by atoms with Gasteiger partial charge in [0.05, 0.1) is 55.4 Å². The number of aliphatic hydroxyl groups is 2. The van der Waals surface area contributed by atoms with E-state index in [0.717, 1.165) is 12.0 Å². The summed E-state index contributed by atoms with van der Waals surface area (Å²) in [5.41, 5.74) is 0.172. The van der Waals surface area contributed by atoms with Gasteiger partial charge >= 0.3 is 5.97 Å². The minimum absolute atomic E-state index is 0.0268. The average Bonchev–Trinajstić information content (AvgIpc) is 3.62. The Morgan fingerprint density at radius 3 is 2.36 bits per heavy atom. The second-order valence-corrected chi connectivity index (χ2v) is 20.1. The van der Waals surface area contributed by atoms with Crippen LogP contribution < -0.4 is 0 Å². The van der Waals surface area contributed by atoms with Crippen molar-refractivity contribution in [2.45, 2.75) is 198 Å². The third-order valence-corrected chi connectivity index (χ3v) is 15.4. The molecule has 0 aromatic rings. The van der Waals surface area contributed by atoms with Crippen LogP contribution in [-0.2, 0) is 52.2 Å². The Bertz CT molecular complexity index is 1860. The van der Waals surface area contributed by atoms with E-state index in [9.17, 15) is 15.0 Å². The predicted molar refractivity (Wildman–Crippen MR) is 248 cm³/mol. The fourth-order valence-electron chi connectivity index (χ4n) is 11.5. The topological polar surface area (TPSA) is 153 Å². The molecule has 0 aromatic heterocycles. The van der Waals surface area contributed by atoms with Crippen molar-refractivity contribution >= 4 is 5.97 Å². The molecule has 0 radical (unpaired) electrons. The number of rotatable bonds is 10. The molecule has 0 amide bonds. The number of carbonyl (C=O) groups excluding carboxylic acids is 1. The van der Waals surface area contributed by atoms with Crippen LogP contribution in [0.15, 0.2) is 71.5 Å². The maximum atomic E-state index is 14.4. The van der Waals surface area contributed by atoms with Crippen molar-refractivity contribution in [1.29, 1.82) is 0 Å². The number of aliphatic hydroxyl groups excluding tert-OH is 1. The van der Waals surface area contributed by atoms with Gasteiger partial charge in [-0.05, 0) is 76.0 Å². The smallest absolute Gasteiger partial charge is 0.316 e. The fraction of sp³-hybridized carbons (Fsp3) is 0.750. The van der Waals surface area contributed by atoms with E-state index >= 15 is 0 Å². The molecule has 1 spiro atoms. The molecule has 370 valence electrons. The van der Waals surface area contributed by atoms with Crippen molar-refractivity contribution in [3.8, 4) is 0 Å². The molecule has 4 fully saturated rings. The van der Waals surface area contributed by atoms with Crippen LogP contribution in [0.3, 0.4) is 0 Å². The molecular formula is C52H79NO13. The number of nitrogens with zero attached hydrogens (tertiary/aromatic N) is 1. The zero-order valence-electron chi connectivity index (χ0n) is 41.4. The summed E-state index contributed by atoms with van der Waals surface area (Å²) in [5.74, 6) is -2.53. The van der Waals surface area contributed by atoms with Crippen LogP contribution >= 0.6 is 0 Å². The number of likely N-dealkylation sites (N-methyl/N-ethyl adjacent to an activating group) is 1. The van der Waals surface area contributed by atoms with Crippen molar-refractivity contribution in [2.75, 3.05) is 27.9 Å². The molecular weight excluding hydrogens is 847 g/mol. The molecule has 1 aliphatic carbocycles. The maximum Gasteiger partial charge on any atom is 0.316 e. The number of carbonyl (C=O) groups is 1. The molecule has 14 heteroatoms. The van der Waals surface area contributed by atoms with Gasteiger partial charge < -0.3 is 62.5 Å². The Kier molecular flexibility index (Phi) is 16.7. The second-order valence-electron chi connectivity index (χ2n) is 20.1. The Morgan fingerprint density at radius 1 is 0.939 bits per heavy atom. The molecule has 4 saturated heterocycles. The van der Waals surface area contributed by atoms with E-state index < -0.39 is 72.5 Å². The van der Waals surface area contributed by atoms with Crippen LogP contribution in [0.1, 0.15) is 101 Å². The van der Waals surface area contributed by atoms with Gasteiger partial charge in [0.2, 0.25) is 0 Å². The SMILES string of the molecule is C/C=C\N(C)[C@H]1[C@@H](C)O[C@H](O[C@H]2[C@H](C)O[C@@H](O[C@@H]3/C(C)=C/C[C@@H]4C[C@@H](C[C@]5(C=C[C@H](C)[C@@H]([C@@H](C)CC)O5)O4)OC(=O)[C@@H]4C=C(C)[C@@H](O)[C@H]5OC/C(=C\C=C\[C@@H]3C)[C@]54O)C[C@@H]2OC)C[C@H]1OC. The highest BCUT2D eigenvalue weighted by Gasteiger charge is 2.60. The number of hydrogen-bond acceptors (Lipinski definition) is 14. The lowest BCUT2D eigenvalue weighted by molar-refractivity contribution is -0.314. The molecule has 6 aliphatic heterocycles. The van der Waals surface area contributed by atoms with Gasteiger partial charge in [-0.15, -0.1) is 0 Å². The Hall–Kier alpha value is -2.73. The normalized spacial score (nSPS) is 47.0. The van der Waals surface area contributed by atoms with Crippen molar-refractivity contribution in [3.63, 3.8) is 0 Å². The van der Waals surface area contributed by atoms with Gasteiger partial charge in [-0.1, -0.05) is 76.6 Å². The molecule has 7 rings (SSSR count). The van der Waals surface area contributed by atoms with Crippen LogP contribution in [0.5, 0.6) is 0 Å². The van der Waals surface area contributed by atoms with E-state index in [1.54, 1.807) is 33.3 Å². The highest BCUT2D eigenvalue weighted by molar-refractivity contribution is 5.78. The minimum atomic E-state index is -1.83. The highest BCUT2D eigenvalue weighted by Crippen LogP contribution is 2.47. The lowest BCUT2D eigenvalue weighted by Gasteiger charge is -2.48. The summed E-state index contributed by atoms with van der Waals surface area (Å²) in [6, 6.07) is 0.0268. The number of esters is 1. The summed E-state index contributed by atoms with van der Waals surface area (Å²) in [6.07, 6.45) is 14.6. The quantitative estimate of drug-likeness (QED) is 0.174. The standard InChI is InChI=1S/C52H79NO13/c1-13-22-53(10)44-34(8)60-42(25-40(44)57-11)64-48-35(9)61-43(26-41(48)58-12)63-46-30(4)16-15-17-36-28-59-49-45(54)33(7)23-39(52(36,49)56)50(55)62-38-24-37(19-18-31(46)5)65-51(27-38)21-20-32(6)47(66-51)29(3)14-2/h13,15-18,20-23,29-30,32,34-35,37-49,54,56H,14,19,24-28H2,1-12H3/b16-15+,22-13-,31-18+,36-17+/t29-,30-,32-,34+,35-,37+,38-,39-,40+,41-,42+,43-,44-,45+,46-,47+,48-,49+,51+,52+/m0/s1. The monoisotopic (exact) mass is 926 g/mol. The van der Waals surface area contributed by atoms with E-state index in [2.05, 4.69) is 51.7 Å². The molecule has 14 nitrogen and oxygen atoms in total. The first-order valence-electron chi connectivity index (χ1n) is 24.5. The molecule has 0 unspecified atom stereocenters. The molecule has 66 heavy (non-hydrogen) atoms. The van der Waals surface area contributed by atoms with E-state index in [1.807, 2.05) is 58.3 Å². The van der Waals surface area contributed by atoms with Gasteiger partial charge in [-0.2, -0.15) is 0 Å². The first-order valence-corrected chi connectivity index (χ1v) is 24.5. The number of fused-ring (bicyclic) bond motifs is 2. The molecule has 2 bridgehead atoms. The summed E-state index contributed by atoms with van der Waals surface area (Å²) in [4.78, 5) is 16.5. The minimum Gasteiger partial charge on any atom is -0.462 e. The van der Waals surface area contributed by atoms with Crippen molar-refractivity contribution < 1.29 is 62.4 Å². The van der Waals surface area contributed by atoms with Crippen molar-refractivity contribution in [2.24, 2.45) is 23.7 Å². The van der Waals surface area contributed by atoms with Crippen LogP contribution in [0.4, 0.5) is 0 Å². The summed E-state index contributed by atoms with van der Waals surface area (Å²) < 4.78 is 65.1. The van der Waals surface area contributed by atoms with Crippen molar-refractivity contribution in [3.05, 3.63) is 71.5 Å². The van der Waals surface area contributed by atoms with Gasteiger partial charge in [0.25, 0.3) is 0 Å². The van der Waals surface area contributed by atoms with E-state index in [4.69, 9.17) is 47.4 Å². The average molecular weight is 926 g/mol. The molecule has 2 N–H and O–H groups in total. The second kappa shape index (κ2) is 21.5. The lowest BCUT2D eigenvalue weighted by atomic mass is 9.71. The third-order valence-electron chi connectivity index (χ3n) is 15.4. The summed E-state index contributed by atoms with van der Waals surface area (Å²) >= 11 is 0. The van der Waals surface area contributed by atoms with Gasteiger partial charge in [-0.3, -0.25) is 4.79 Å². The number of allylic oxidation sites excluding steroid dienone is 3. The number of methoxy groups -OCH3 is 2. The summed E-state index contributed by atoms with van der Waals surface area (Å²) in [5, 5.41) is 23.8. The number of hydrogen-bond donors (Lipinski definition) is 2. The van der Waals surface area contributed by atoms with Crippen LogP contribution in [0.2, 0.25) is 0 Å². The molecule has 6 heterocycles. The molecule has 0 saturated carbocycles. The van der Waals surface area contributed by atoms with Gasteiger partial charge in [0, 0.05) is 58.8 Å². The lowest BCUT2D eigenvalue weighted by Crippen LogP contribution is -2.58. The van der Waals surface area contributed by atoms with Crippen LogP contribution in [0, 0.1) is 23.7 Å². The van der Waals surface area contributed by atoms with Gasteiger partial charge in [-0.25, -0.2) is 0 Å². The summed E-state index contributed by atoms with van der Waals surface area (Å²) in [7, 11) is 5.45. The van der Waals surface area contributed by atoms with Gasteiger partial charge in [0.15, 0.2) is 18.4 Å². The third kappa shape index (κ3) is 10.5. The Labute approximate surface area is 393 Å². The Balaban J connectivity index is 1.16. The predicted octanol–water partition coefficient (Wildman–Crippen LogP) is 6.85. The molecule has 20 atom stereocenters. The van der Waals surface area contributed by atoms with Gasteiger partial charge in [0.1, 0.15) is 35.9 Å². The fourth-order valence-corrected chi connectivity index (χ4v) is 11.5. The zero-order chi connectivity index (χ0) is 47.7. The maximum absolute atomic E-state index is 14.4. The molecule has 7 aliphatic rings.